The highest BCUT2D eigenvalue weighted by Crippen LogP contribution is 2.22. The lowest BCUT2D eigenvalue weighted by molar-refractivity contribution is -0.222. The fourth-order valence-electron chi connectivity index (χ4n) is 1.85. The third-order valence-electron chi connectivity index (χ3n) is 2.92. The first-order valence-corrected chi connectivity index (χ1v) is 8.15. The molecule has 1 aliphatic rings. The van der Waals surface area contributed by atoms with Crippen molar-refractivity contribution in [3.05, 3.63) is 41.6 Å². The highest BCUT2D eigenvalue weighted by molar-refractivity contribution is 7.89. The Morgan fingerprint density at radius 1 is 1.13 bits per heavy atom. The second-order valence-electron chi connectivity index (χ2n) is 5.31. The molecule has 1 saturated heterocycles. The van der Waals surface area contributed by atoms with Crippen LogP contribution in [0.2, 0.25) is 0 Å². The van der Waals surface area contributed by atoms with Crippen LogP contribution in [0.3, 0.4) is 0 Å². The Balaban J connectivity index is 2.01. The summed E-state index contributed by atoms with van der Waals surface area (Å²) >= 11 is 0. The summed E-state index contributed by atoms with van der Waals surface area (Å²) in [6.07, 6.45) is 1.20. The number of sulfonamides is 1. The normalized spacial score (nSPS) is 17.3. The lowest BCUT2D eigenvalue weighted by Crippen LogP contribution is -2.42. The Labute approximate surface area is 133 Å². The first kappa shape index (κ1) is 17.0. The molecule has 0 amide bonds. The van der Waals surface area contributed by atoms with Gasteiger partial charge in [0.05, 0.1) is 4.90 Å². The number of benzene rings is 1. The van der Waals surface area contributed by atoms with E-state index in [1.807, 2.05) is 0 Å². The summed E-state index contributed by atoms with van der Waals surface area (Å²) in [5.74, 6) is -2.83. The Kier molecular flexibility index (Phi) is 4.44. The van der Waals surface area contributed by atoms with Crippen molar-refractivity contribution < 1.29 is 27.5 Å². The van der Waals surface area contributed by atoms with Gasteiger partial charge in [-0.1, -0.05) is 12.1 Å². The van der Waals surface area contributed by atoms with Crippen LogP contribution >= 0.6 is 0 Å². The molecule has 1 heterocycles. The van der Waals surface area contributed by atoms with Crippen LogP contribution in [0.1, 0.15) is 19.4 Å². The molecule has 2 rings (SSSR count). The first-order valence-electron chi connectivity index (χ1n) is 6.60. The fraction of sp³-hybridized carbons (Fsp3) is 0.286. The number of hydrogen-bond acceptors (Lipinski definition) is 7. The monoisotopic (exact) mass is 340 g/mol. The van der Waals surface area contributed by atoms with Gasteiger partial charge in [0.1, 0.15) is 0 Å². The summed E-state index contributed by atoms with van der Waals surface area (Å²) in [5.41, 5.74) is 0.484. The Bertz CT molecular complexity index is 743. The van der Waals surface area contributed by atoms with Gasteiger partial charge >= 0.3 is 11.9 Å². The van der Waals surface area contributed by atoms with Crippen LogP contribution in [0.5, 0.6) is 0 Å². The smallest absolute Gasteiger partial charge is 0.350 e. The number of cyclic esters (lactones) is 2. The van der Waals surface area contributed by atoms with Gasteiger partial charge in [-0.25, -0.2) is 23.1 Å². The van der Waals surface area contributed by atoms with E-state index in [1.54, 1.807) is 12.1 Å². The van der Waals surface area contributed by atoms with Crippen molar-refractivity contribution in [1.29, 1.82) is 0 Å². The zero-order valence-electron chi connectivity index (χ0n) is 12.5. The average molecular weight is 340 g/mol. The summed E-state index contributed by atoms with van der Waals surface area (Å²) in [5, 5.41) is 7.77. The molecule has 0 unspecified atom stereocenters. The van der Waals surface area contributed by atoms with Crippen LogP contribution in [0.15, 0.2) is 40.9 Å². The number of primary sulfonamides is 1. The van der Waals surface area contributed by atoms with E-state index in [-0.39, 0.29) is 17.0 Å². The van der Waals surface area contributed by atoms with Gasteiger partial charge in [0, 0.05) is 26.6 Å². The number of nitrogens with one attached hydrogen (secondary N) is 1. The Hall–Kier alpha value is -2.39. The predicted molar refractivity (Wildman–Crippen MR) is 79.0 cm³/mol. The molecule has 1 aliphatic heterocycles. The van der Waals surface area contributed by atoms with Crippen molar-refractivity contribution >= 4 is 22.0 Å². The largest absolute Gasteiger partial charge is 0.419 e. The van der Waals surface area contributed by atoms with Crippen molar-refractivity contribution in [2.24, 2.45) is 5.14 Å². The van der Waals surface area contributed by atoms with Crippen LogP contribution in [0.25, 0.3) is 0 Å². The second-order valence-corrected chi connectivity index (χ2v) is 6.87. The molecule has 23 heavy (non-hydrogen) atoms. The maximum Gasteiger partial charge on any atom is 0.350 e. The predicted octanol–water partition coefficient (Wildman–Crippen LogP) is 0.144. The van der Waals surface area contributed by atoms with Crippen LogP contribution in [-0.2, 0) is 35.6 Å². The van der Waals surface area contributed by atoms with Gasteiger partial charge < -0.3 is 14.8 Å². The van der Waals surface area contributed by atoms with Gasteiger partial charge in [-0.3, -0.25) is 0 Å². The maximum atomic E-state index is 11.7. The molecular formula is C14H16N2O6S. The summed E-state index contributed by atoms with van der Waals surface area (Å²) in [7, 11) is -3.74. The molecule has 1 fully saturated rings. The zero-order chi connectivity index (χ0) is 17.3. The number of ether oxygens (including phenoxy) is 2. The van der Waals surface area contributed by atoms with E-state index in [0.29, 0.717) is 0 Å². The number of nitrogens with two attached hydrogens (primary N) is 1. The van der Waals surface area contributed by atoms with Gasteiger partial charge in [-0.2, -0.15) is 0 Å². The SMILES string of the molecule is CC1(C)OC(=O)C(=CNCc2ccc(S(N)(=O)=O)cc2)C(=O)O1. The van der Waals surface area contributed by atoms with Gasteiger partial charge in [0.2, 0.25) is 10.0 Å². The van der Waals surface area contributed by atoms with Crippen LogP contribution in [0, 0.1) is 0 Å². The van der Waals surface area contributed by atoms with Crippen LogP contribution in [0.4, 0.5) is 0 Å². The molecule has 0 radical (unpaired) electrons. The topological polar surface area (TPSA) is 125 Å². The van der Waals surface area contributed by atoms with Crippen LogP contribution in [-0.4, -0.2) is 26.1 Å². The molecule has 0 spiro atoms. The summed E-state index contributed by atoms with van der Waals surface area (Å²) in [6.45, 7) is 3.18. The minimum Gasteiger partial charge on any atom is -0.419 e. The maximum absolute atomic E-state index is 11.7. The van der Waals surface area contributed by atoms with E-state index in [0.717, 1.165) is 5.56 Å². The number of esters is 2. The third kappa shape index (κ3) is 4.30. The molecule has 0 bridgehead atoms. The second kappa shape index (κ2) is 6.01. The molecule has 124 valence electrons. The van der Waals surface area contributed by atoms with Crippen molar-refractivity contribution in [2.75, 3.05) is 0 Å². The molecular weight excluding hydrogens is 324 g/mol. The lowest BCUT2D eigenvalue weighted by Gasteiger charge is -2.29. The van der Waals surface area contributed by atoms with Crippen molar-refractivity contribution in [1.82, 2.24) is 5.32 Å². The number of carbonyl (C=O) groups is 2. The number of hydrogen-bond donors (Lipinski definition) is 2. The van der Waals surface area contributed by atoms with E-state index < -0.39 is 27.7 Å². The average Bonchev–Trinajstić information content (AvgIpc) is 2.40. The molecule has 3 N–H and O–H groups in total. The van der Waals surface area contributed by atoms with Gasteiger partial charge in [-0.15, -0.1) is 0 Å². The van der Waals surface area contributed by atoms with E-state index in [2.05, 4.69) is 5.32 Å². The van der Waals surface area contributed by atoms with Gasteiger partial charge in [-0.05, 0) is 17.7 Å². The van der Waals surface area contributed by atoms with Crippen molar-refractivity contribution in [2.45, 2.75) is 31.1 Å². The molecule has 8 nitrogen and oxygen atoms in total. The first-order chi connectivity index (χ1) is 10.6. The summed E-state index contributed by atoms with van der Waals surface area (Å²) < 4.78 is 32.2. The van der Waals surface area contributed by atoms with Crippen molar-refractivity contribution in [3.63, 3.8) is 0 Å². The summed E-state index contributed by atoms with van der Waals surface area (Å²) in [6, 6.07) is 5.86. The van der Waals surface area contributed by atoms with E-state index in [9.17, 15) is 18.0 Å². The number of carbonyl (C=O) groups excluding carboxylic acids is 2. The zero-order valence-corrected chi connectivity index (χ0v) is 13.3. The Morgan fingerprint density at radius 3 is 2.13 bits per heavy atom. The van der Waals surface area contributed by atoms with Crippen LogP contribution < -0.4 is 10.5 Å². The summed E-state index contributed by atoms with van der Waals surface area (Å²) in [4.78, 5) is 23.4. The standard InChI is InChI=1S/C14H16N2O6S/c1-14(2)21-12(17)11(13(18)22-14)8-16-7-9-3-5-10(6-4-9)23(15,19)20/h3-6,8,16H,7H2,1-2H3,(H2,15,19,20). The lowest BCUT2D eigenvalue weighted by atomic mass is 10.2. The molecule has 0 aliphatic carbocycles. The highest BCUT2D eigenvalue weighted by atomic mass is 32.2. The third-order valence-corrected chi connectivity index (χ3v) is 3.85. The molecule has 0 saturated carbocycles. The van der Waals surface area contributed by atoms with Crippen molar-refractivity contribution in [3.8, 4) is 0 Å². The molecule has 9 heteroatoms. The highest BCUT2D eigenvalue weighted by Gasteiger charge is 2.38. The van der Waals surface area contributed by atoms with Gasteiger partial charge in [0.25, 0.3) is 5.79 Å². The molecule has 1 aromatic rings. The van der Waals surface area contributed by atoms with E-state index in [1.165, 1.54) is 32.2 Å². The van der Waals surface area contributed by atoms with Gasteiger partial charge in [0.15, 0.2) is 5.57 Å². The van der Waals surface area contributed by atoms with E-state index >= 15 is 0 Å². The number of rotatable bonds is 4. The fourth-order valence-corrected chi connectivity index (χ4v) is 2.36. The molecule has 0 atom stereocenters. The minimum atomic E-state index is -3.74. The molecule has 1 aromatic carbocycles. The Morgan fingerprint density at radius 2 is 1.65 bits per heavy atom. The quantitative estimate of drug-likeness (QED) is 0.454. The minimum absolute atomic E-state index is 0.00118. The van der Waals surface area contributed by atoms with E-state index in [4.69, 9.17) is 14.6 Å². The molecule has 0 aromatic heterocycles.